The summed E-state index contributed by atoms with van der Waals surface area (Å²) in [6, 6.07) is 12.2. The number of allylic oxidation sites excluding steroid dienone is 1. The number of rotatable bonds is 8. The third-order valence-electron chi connectivity index (χ3n) is 3.38. The first-order chi connectivity index (χ1) is 11.9. The predicted octanol–water partition coefficient (Wildman–Crippen LogP) is 4.02. The summed E-state index contributed by atoms with van der Waals surface area (Å²) in [6.07, 6.45) is 5.26. The van der Waals surface area contributed by atoms with E-state index >= 15 is 0 Å². The van der Waals surface area contributed by atoms with Crippen molar-refractivity contribution < 1.29 is 13.3 Å². The molecule has 0 aliphatic rings. The van der Waals surface area contributed by atoms with Gasteiger partial charge < -0.3 is 0 Å². The molecule has 0 aliphatic heterocycles. The molecule has 0 aromatic heterocycles. The lowest BCUT2D eigenvalue weighted by atomic mass is 10.2. The molecule has 132 valence electrons. The third kappa shape index (κ3) is 5.97. The highest BCUT2D eigenvalue weighted by Crippen LogP contribution is 2.15. The van der Waals surface area contributed by atoms with Crippen LogP contribution in [0.15, 0.2) is 59.5 Å². The number of halogens is 1. The zero-order valence-corrected chi connectivity index (χ0v) is 14.8. The molecule has 2 rings (SSSR count). The molecule has 2 aromatic rings. The van der Waals surface area contributed by atoms with Crippen LogP contribution in [0, 0.1) is 10.1 Å². The second-order valence-corrected chi connectivity index (χ2v) is 7.45. The molecule has 0 saturated heterocycles. The first-order valence-corrected chi connectivity index (χ1v) is 9.41. The summed E-state index contributed by atoms with van der Waals surface area (Å²) in [6.45, 7) is 0.282. The van der Waals surface area contributed by atoms with Gasteiger partial charge in [0, 0.05) is 23.7 Å². The zero-order chi connectivity index (χ0) is 18.3. The highest BCUT2D eigenvalue weighted by Gasteiger charge is 2.14. The monoisotopic (exact) mass is 380 g/mol. The second-order valence-electron chi connectivity index (χ2n) is 5.24. The lowest BCUT2D eigenvalue weighted by Gasteiger charge is -2.05. The van der Waals surface area contributed by atoms with Gasteiger partial charge in [0.1, 0.15) is 0 Å². The van der Waals surface area contributed by atoms with Crippen molar-refractivity contribution in [2.75, 3.05) is 6.54 Å². The number of sulfonamides is 1. The first-order valence-electron chi connectivity index (χ1n) is 7.55. The van der Waals surface area contributed by atoms with E-state index in [9.17, 15) is 18.5 Å². The Morgan fingerprint density at radius 3 is 2.32 bits per heavy atom. The molecule has 0 saturated carbocycles. The number of nitrogens with zero attached hydrogens (tertiary/aromatic N) is 1. The lowest BCUT2D eigenvalue weighted by Crippen LogP contribution is -2.24. The molecule has 0 radical (unpaired) electrons. The fourth-order valence-corrected chi connectivity index (χ4v) is 3.25. The molecule has 25 heavy (non-hydrogen) atoms. The van der Waals surface area contributed by atoms with Gasteiger partial charge in [-0.2, -0.15) is 0 Å². The minimum absolute atomic E-state index is 0.00908. The fourth-order valence-electron chi connectivity index (χ4n) is 2.05. The average Bonchev–Trinajstić information content (AvgIpc) is 2.59. The van der Waals surface area contributed by atoms with E-state index < -0.39 is 14.9 Å². The largest absolute Gasteiger partial charge is 0.269 e. The lowest BCUT2D eigenvalue weighted by molar-refractivity contribution is -0.384. The Hall–Kier alpha value is -2.22. The molecule has 1 N–H and O–H groups in total. The summed E-state index contributed by atoms with van der Waals surface area (Å²) in [5.74, 6) is 0. The smallest absolute Gasteiger partial charge is 0.258 e. The highest BCUT2D eigenvalue weighted by molar-refractivity contribution is 7.89. The second kappa shape index (κ2) is 8.75. The van der Waals surface area contributed by atoms with Crippen LogP contribution < -0.4 is 4.72 Å². The SMILES string of the molecule is O=[N+]([O-])c1ccc(S(=O)(=O)NCCC/C=C/c2ccc(Cl)cc2)cc1. The maximum absolute atomic E-state index is 12.1. The molecule has 6 nitrogen and oxygen atoms in total. The average molecular weight is 381 g/mol. The van der Waals surface area contributed by atoms with Crippen LogP contribution in [0.2, 0.25) is 5.02 Å². The summed E-state index contributed by atoms with van der Waals surface area (Å²) < 4.78 is 26.7. The number of nitrogens with one attached hydrogen (secondary N) is 1. The Bertz CT molecular complexity index is 847. The van der Waals surface area contributed by atoms with Gasteiger partial charge in [0.15, 0.2) is 0 Å². The van der Waals surface area contributed by atoms with Crippen molar-refractivity contribution >= 4 is 33.4 Å². The Labute approximate surface area is 151 Å². The predicted molar refractivity (Wildman–Crippen MR) is 98.0 cm³/mol. The van der Waals surface area contributed by atoms with Crippen molar-refractivity contribution in [1.29, 1.82) is 0 Å². The number of nitro benzene ring substituents is 1. The molecule has 0 spiro atoms. The molecular weight excluding hydrogens is 364 g/mol. The molecule has 0 fully saturated rings. The molecule has 0 atom stereocenters. The molecule has 0 unspecified atom stereocenters. The van der Waals surface area contributed by atoms with Gasteiger partial charge in [0.2, 0.25) is 10.0 Å². The van der Waals surface area contributed by atoms with Crippen molar-refractivity contribution in [1.82, 2.24) is 4.72 Å². The zero-order valence-electron chi connectivity index (χ0n) is 13.3. The number of nitro groups is 1. The minimum atomic E-state index is -3.66. The number of hydrogen-bond acceptors (Lipinski definition) is 4. The van der Waals surface area contributed by atoms with Gasteiger partial charge in [-0.05, 0) is 42.7 Å². The van der Waals surface area contributed by atoms with Crippen molar-refractivity contribution in [3.63, 3.8) is 0 Å². The minimum Gasteiger partial charge on any atom is -0.258 e. The Morgan fingerprint density at radius 1 is 1.08 bits per heavy atom. The number of benzene rings is 2. The van der Waals surface area contributed by atoms with E-state index in [2.05, 4.69) is 4.72 Å². The van der Waals surface area contributed by atoms with Gasteiger partial charge in [-0.3, -0.25) is 10.1 Å². The van der Waals surface area contributed by atoms with Gasteiger partial charge in [-0.15, -0.1) is 0 Å². The Balaban J connectivity index is 1.80. The van der Waals surface area contributed by atoms with E-state index in [0.717, 1.165) is 5.56 Å². The van der Waals surface area contributed by atoms with Gasteiger partial charge in [0.05, 0.1) is 9.82 Å². The molecular formula is C17H17ClN2O4S. The summed E-state index contributed by atoms with van der Waals surface area (Å²) in [4.78, 5) is 10.0. The topological polar surface area (TPSA) is 89.3 Å². The molecule has 8 heteroatoms. The highest BCUT2D eigenvalue weighted by atomic mass is 35.5. The van der Waals surface area contributed by atoms with Gasteiger partial charge in [-0.1, -0.05) is 35.9 Å². The van der Waals surface area contributed by atoms with E-state index in [-0.39, 0.29) is 17.1 Å². The standard InChI is InChI=1S/C17H17ClN2O4S/c18-15-7-5-14(6-8-15)4-2-1-3-13-19-25(23,24)17-11-9-16(10-12-17)20(21)22/h2,4-12,19H,1,3,13H2/b4-2+. The molecule has 0 bridgehead atoms. The summed E-state index contributed by atoms with van der Waals surface area (Å²) >= 11 is 5.81. The maximum atomic E-state index is 12.1. The summed E-state index contributed by atoms with van der Waals surface area (Å²) in [5, 5.41) is 11.3. The first kappa shape index (κ1) is 19.1. The van der Waals surface area contributed by atoms with Crippen LogP contribution >= 0.6 is 11.6 Å². The van der Waals surface area contributed by atoms with Crippen molar-refractivity contribution in [3.05, 3.63) is 75.3 Å². The fraction of sp³-hybridized carbons (Fsp3) is 0.176. The van der Waals surface area contributed by atoms with Crippen LogP contribution in [-0.2, 0) is 10.0 Å². The normalized spacial score (nSPS) is 11.7. The van der Waals surface area contributed by atoms with Gasteiger partial charge in [0.25, 0.3) is 5.69 Å². The summed E-state index contributed by atoms with van der Waals surface area (Å²) in [7, 11) is -3.66. The van der Waals surface area contributed by atoms with Crippen molar-refractivity contribution in [2.45, 2.75) is 17.7 Å². The summed E-state index contributed by atoms with van der Waals surface area (Å²) in [5.41, 5.74) is 0.877. The third-order valence-corrected chi connectivity index (χ3v) is 5.11. The van der Waals surface area contributed by atoms with Gasteiger partial charge in [-0.25, -0.2) is 13.1 Å². The van der Waals surface area contributed by atoms with Crippen molar-refractivity contribution in [2.24, 2.45) is 0 Å². The van der Waals surface area contributed by atoms with Crippen LogP contribution in [0.3, 0.4) is 0 Å². The quantitative estimate of drug-likeness (QED) is 0.425. The Kier molecular flexibility index (Phi) is 6.69. The van der Waals surface area contributed by atoms with Crippen molar-refractivity contribution in [3.8, 4) is 0 Å². The van der Waals surface area contributed by atoms with Crippen LogP contribution in [0.1, 0.15) is 18.4 Å². The number of unbranched alkanes of at least 4 members (excludes halogenated alkanes) is 1. The van der Waals surface area contributed by atoms with Crippen LogP contribution in [0.5, 0.6) is 0 Å². The molecule has 0 heterocycles. The molecule has 2 aromatic carbocycles. The van der Waals surface area contributed by atoms with E-state index in [0.29, 0.717) is 17.9 Å². The number of hydrogen-bond donors (Lipinski definition) is 1. The van der Waals surface area contributed by atoms with E-state index in [1.165, 1.54) is 24.3 Å². The van der Waals surface area contributed by atoms with E-state index in [4.69, 9.17) is 11.6 Å². The van der Waals surface area contributed by atoms with Crippen LogP contribution in [0.25, 0.3) is 6.08 Å². The molecule has 0 aliphatic carbocycles. The molecule has 0 amide bonds. The van der Waals surface area contributed by atoms with Crippen LogP contribution in [-0.4, -0.2) is 19.9 Å². The van der Waals surface area contributed by atoms with E-state index in [1.54, 1.807) is 12.1 Å². The van der Waals surface area contributed by atoms with E-state index in [1.807, 2.05) is 24.3 Å². The van der Waals surface area contributed by atoms with Crippen LogP contribution in [0.4, 0.5) is 5.69 Å². The Morgan fingerprint density at radius 2 is 1.72 bits per heavy atom. The number of non-ortho nitro benzene ring substituents is 1. The maximum Gasteiger partial charge on any atom is 0.269 e. The van der Waals surface area contributed by atoms with Gasteiger partial charge >= 0.3 is 0 Å².